The number of hydrogen-bond donors (Lipinski definition) is 1. The van der Waals surface area contributed by atoms with Crippen molar-refractivity contribution in [3.63, 3.8) is 0 Å². The highest BCUT2D eigenvalue weighted by Crippen LogP contribution is 2.33. The Morgan fingerprint density at radius 3 is 2.76 bits per heavy atom. The van der Waals surface area contributed by atoms with Crippen molar-refractivity contribution in [2.45, 2.75) is 25.3 Å². The molecule has 3 rings (SSSR count). The molecule has 0 amide bonds. The normalized spacial score (nSPS) is 15.9. The maximum atomic E-state index is 6.34. The standard InChI is InChI=1S/C14H14BrNS/c15-12-6-7-17-14(12)13(16)11-5-4-9-2-1-3-10(9)8-11/h4-8,13H,1-3,16H2. The summed E-state index contributed by atoms with van der Waals surface area (Å²) in [7, 11) is 0. The summed E-state index contributed by atoms with van der Waals surface area (Å²) in [5.41, 5.74) is 10.6. The highest BCUT2D eigenvalue weighted by atomic mass is 79.9. The minimum absolute atomic E-state index is 0.00438. The van der Waals surface area contributed by atoms with Crippen LogP contribution in [0.1, 0.15) is 34.0 Å². The first-order valence-electron chi connectivity index (χ1n) is 5.86. The summed E-state index contributed by atoms with van der Waals surface area (Å²) in [6.45, 7) is 0. The molecule has 1 unspecified atom stereocenters. The molecular formula is C14H14BrNS. The molecule has 0 saturated carbocycles. The second kappa shape index (κ2) is 4.56. The van der Waals surface area contributed by atoms with Gasteiger partial charge in [0.1, 0.15) is 0 Å². The largest absolute Gasteiger partial charge is 0.320 e. The SMILES string of the molecule is NC(c1ccc2c(c1)CCC2)c1sccc1Br. The van der Waals surface area contributed by atoms with Crippen LogP contribution in [0.4, 0.5) is 0 Å². The summed E-state index contributed by atoms with van der Waals surface area (Å²) in [6, 6.07) is 8.78. The van der Waals surface area contributed by atoms with E-state index in [0.717, 1.165) is 4.47 Å². The van der Waals surface area contributed by atoms with Gasteiger partial charge in [-0.2, -0.15) is 0 Å². The van der Waals surface area contributed by atoms with Gasteiger partial charge in [0.15, 0.2) is 0 Å². The zero-order valence-corrected chi connectivity index (χ0v) is 11.9. The van der Waals surface area contributed by atoms with Gasteiger partial charge >= 0.3 is 0 Å². The van der Waals surface area contributed by atoms with Gasteiger partial charge < -0.3 is 5.73 Å². The molecule has 0 aliphatic heterocycles. The molecule has 1 aliphatic rings. The fraction of sp³-hybridized carbons (Fsp3) is 0.286. The van der Waals surface area contributed by atoms with Crippen LogP contribution in [-0.2, 0) is 12.8 Å². The Kier molecular flexibility index (Phi) is 3.07. The summed E-state index contributed by atoms with van der Waals surface area (Å²) in [5.74, 6) is 0. The molecule has 1 aromatic heterocycles. The fourth-order valence-corrected chi connectivity index (χ4v) is 4.11. The van der Waals surface area contributed by atoms with E-state index >= 15 is 0 Å². The number of hydrogen-bond acceptors (Lipinski definition) is 2. The Morgan fingerprint density at radius 2 is 2.00 bits per heavy atom. The van der Waals surface area contributed by atoms with E-state index in [9.17, 15) is 0 Å². The Balaban J connectivity index is 1.97. The molecule has 0 bridgehead atoms. The zero-order chi connectivity index (χ0) is 11.8. The monoisotopic (exact) mass is 307 g/mol. The van der Waals surface area contributed by atoms with Crippen molar-refractivity contribution in [1.29, 1.82) is 0 Å². The maximum absolute atomic E-state index is 6.34. The van der Waals surface area contributed by atoms with Gasteiger partial charge in [-0.05, 0) is 63.3 Å². The topological polar surface area (TPSA) is 26.0 Å². The lowest BCUT2D eigenvalue weighted by molar-refractivity contribution is 0.883. The Morgan fingerprint density at radius 1 is 1.18 bits per heavy atom. The first-order chi connectivity index (χ1) is 8.25. The molecule has 1 heterocycles. The molecule has 88 valence electrons. The van der Waals surface area contributed by atoms with E-state index < -0.39 is 0 Å². The molecule has 1 nitrogen and oxygen atoms in total. The van der Waals surface area contributed by atoms with Gasteiger partial charge in [0.25, 0.3) is 0 Å². The van der Waals surface area contributed by atoms with Crippen LogP contribution >= 0.6 is 27.3 Å². The highest BCUT2D eigenvalue weighted by Gasteiger charge is 2.17. The summed E-state index contributed by atoms with van der Waals surface area (Å²) in [5, 5.41) is 2.08. The van der Waals surface area contributed by atoms with Crippen molar-refractivity contribution in [2.24, 2.45) is 5.73 Å². The van der Waals surface area contributed by atoms with Gasteiger partial charge in [-0.25, -0.2) is 0 Å². The second-order valence-electron chi connectivity index (χ2n) is 4.49. The Hall–Kier alpha value is -0.640. The molecule has 1 aliphatic carbocycles. The minimum atomic E-state index is -0.00438. The van der Waals surface area contributed by atoms with E-state index in [-0.39, 0.29) is 6.04 Å². The molecule has 2 aromatic rings. The van der Waals surface area contributed by atoms with Crippen LogP contribution < -0.4 is 5.73 Å². The predicted molar refractivity (Wildman–Crippen MR) is 76.5 cm³/mol. The first kappa shape index (κ1) is 11.5. The lowest BCUT2D eigenvalue weighted by Crippen LogP contribution is -2.11. The zero-order valence-electron chi connectivity index (χ0n) is 9.45. The molecule has 2 N–H and O–H groups in total. The van der Waals surface area contributed by atoms with Crippen LogP contribution in [0.15, 0.2) is 34.1 Å². The van der Waals surface area contributed by atoms with Crippen molar-refractivity contribution >= 4 is 27.3 Å². The number of nitrogens with two attached hydrogens (primary N) is 1. The third-order valence-corrected chi connectivity index (χ3v) is 5.36. The molecule has 3 heteroatoms. The van der Waals surface area contributed by atoms with Crippen LogP contribution in [0.5, 0.6) is 0 Å². The molecule has 17 heavy (non-hydrogen) atoms. The number of thiophene rings is 1. The molecule has 0 saturated heterocycles. The van der Waals surface area contributed by atoms with Gasteiger partial charge in [0.05, 0.1) is 6.04 Å². The van der Waals surface area contributed by atoms with E-state index in [1.807, 2.05) is 0 Å². The quantitative estimate of drug-likeness (QED) is 0.890. The average Bonchev–Trinajstić information content (AvgIpc) is 2.95. The molecular weight excluding hydrogens is 294 g/mol. The van der Waals surface area contributed by atoms with Crippen molar-refractivity contribution in [1.82, 2.24) is 0 Å². The fourth-order valence-electron chi connectivity index (χ4n) is 2.46. The van der Waals surface area contributed by atoms with E-state index in [1.165, 1.54) is 40.8 Å². The highest BCUT2D eigenvalue weighted by molar-refractivity contribution is 9.10. The van der Waals surface area contributed by atoms with Crippen LogP contribution in [0.3, 0.4) is 0 Å². The molecule has 0 radical (unpaired) electrons. The lowest BCUT2D eigenvalue weighted by atomic mass is 10.0. The van der Waals surface area contributed by atoms with Gasteiger partial charge in [-0.3, -0.25) is 0 Å². The van der Waals surface area contributed by atoms with E-state index in [4.69, 9.17) is 5.73 Å². The maximum Gasteiger partial charge on any atom is 0.0657 e. The molecule has 0 spiro atoms. The molecule has 1 aromatic carbocycles. The van der Waals surface area contributed by atoms with E-state index in [1.54, 1.807) is 11.3 Å². The number of fused-ring (bicyclic) bond motifs is 1. The van der Waals surface area contributed by atoms with Gasteiger partial charge in [0.2, 0.25) is 0 Å². The Bertz CT molecular complexity index is 547. The van der Waals surface area contributed by atoms with Gasteiger partial charge in [-0.15, -0.1) is 11.3 Å². The summed E-state index contributed by atoms with van der Waals surface area (Å²) < 4.78 is 1.12. The third kappa shape index (κ3) is 2.07. The van der Waals surface area contributed by atoms with Crippen LogP contribution in [0, 0.1) is 0 Å². The summed E-state index contributed by atoms with van der Waals surface area (Å²) in [4.78, 5) is 1.21. The van der Waals surface area contributed by atoms with Gasteiger partial charge in [0, 0.05) is 9.35 Å². The predicted octanol–water partition coefficient (Wildman–Crippen LogP) is 4.05. The smallest absolute Gasteiger partial charge is 0.0657 e. The second-order valence-corrected chi connectivity index (χ2v) is 6.29. The third-order valence-electron chi connectivity index (χ3n) is 3.41. The number of aryl methyl sites for hydroxylation is 2. The minimum Gasteiger partial charge on any atom is -0.320 e. The van der Waals surface area contributed by atoms with Gasteiger partial charge in [-0.1, -0.05) is 18.2 Å². The molecule has 0 fully saturated rings. The Labute approximate surface area is 114 Å². The van der Waals surface area contributed by atoms with Crippen LogP contribution in [0.25, 0.3) is 0 Å². The number of rotatable bonds is 2. The molecule has 1 atom stereocenters. The summed E-state index contributed by atoms with van der Waals surface area (Å²) in [6.07, 6.45) is 3.73. The van der Waals surface area contributed by atoms with Crippen molar-refractivity contribution in [3.05, 3.63) is 55.7 Å². The van der Waals surface area contributed by atoms with E-state index in [2.05, 4.69) is 45.6 Å². The average molecular weight is 308 g/mol. The van der Waals surface area contributed by atoms with Crippen LogP contribution in [-0.4, -0.2) is 0 Å². The van der Waals surface area contributed by atoms with Crippen molar-refractivity contribution in [2.75, 3.05) is 0 Å². The first-order valence-corrected chi connectivity index (χ1v) is 7.53. The van der Waals surface area contributed by atoms with Crippen molar-refractivity contribution in [3.8, 4) is 0 Å². The van der Waals surface area contributed by atoms with Crippen LogP contribution in [0.2, 0.25) is 0 Å². The van der Waals surface area contributed by atoms with E-state index in [0.29, 0.717) is 0 Å². The summed E-state index contributed by atoms with van der Waals surface area (Å²) >= 11 is 5.27. The lowest BCUT2D eigenvalue weighted by Gasteiger charge is -2.12. The van der Waals surface area contributed by atoms with Crippen molar-refractivity contribution < 1.29 is 0 Å². The number of benzene rings is 1. The number of halogens is 1.